The molecule has 9 heteroatoms. The number of anilines is 1. The number of ketones is 1. The number of hydrogen-bond acceptors (Lipinski definition) is 7. The first kappa shape index (κ1) is 22.7. The first-order chi connectivity index (χ1) is 14.6. The van der Waals surface area contributed by atoms with Crippen molar-refractivity contribution in [1.29, 1.82) is 0 Å². The molecule has 0 saturated heterocycles. The minimum absolute atomic E-state index is 0.145. The van der Waals surface area contributed by atoms with Crippen molar-refractivity contribution in [3.63, 3.8) is 0 Å². The molecule has 8 nitrogen and oxygen atoms in total. The summed E-state index contributed by atoms with van der Waals surface area (Å²) in [5.41, 5.74) is 2.96. The maximum Gasteiger partial charge on any atom is 0.355 e. The van der Waals surface area contributed by atoms with Crippen LogP contribution in [0.2, 0.25) is 0 Å². The molecule has 0 saturated carbocycles. The molecule has 2 N–H and O–H groups in total. The van der Waals surface area contributed by atoms with E-state index in [4.69, 9.17) is 9.47 Å². The third-order valence-electron chi connectivity index (χ3n) is 5.48. The molecule has 0 spiro atoms. The van der Waals surface area contributed by atoms with Crippen LogP contribution in [-0.4, -0.2) is 42.3 Å². The zero-order valence-corrected chi connectivity index (χ0v) is 19.1. The zero-order chi connectivity index (χ0) is 22.9. The van der Waals surface area contributed by atoms with Crippen LogP contribution < -0.4 is 5.32 Å². The van der Waals surface area contributed by atoms with Crippen molar-refractivity contribution < 1.29 is 28.7 Å². The lowest BCUT2D eigenvalue weighted by atomic mass is 9.88. The number of carbonyl (C=O) groups excluding carboxylic acids is 4. The zero-order valence-electron chi connectivity index (χ0n) is 18.3. The summed E-state index contributed by atoms with van der Waals surface area (Å²) in [6, 6.07) is 0. The smallest absolute Gasteiger partial charge is 0.355 e. The van der Waals surface area contributed by atoms with Crippen LogP contribution in [-0.2, 0) is 27.1 Å². The number of hydrogen-bond donors (Lipinski definition) is 2. The molecule has 166 valence electrons. The molecule has 2 aromatic heterocycles. The summed E-state index contributed by atoms with van der Waals surface area (Å²) in [6.45, 7) is 6.40. The highest BCUT2D eigenvalue weighted by Crippen LogP contribution is 2.40. The number of esters is 2. The molecule has 0 aliphatic heterocycles. The lowest BCUT2D eigenvalue weighted by molar-refractivity contribution is -0.119. The van der Waals surface area contributed by atoms with Gasteiger partial charge in [0.25, 0.3) is 5.91 Å². The van der Waals surface area contributed by atoms with Crippen molar-refractivity contribution in [2.45, 2.75) is 47.0 Å². The largest absolute Gasteiger partial charge is 0.465 e. The summed E-state index contributed by atoms with van der Waals surface area (Å²) in [4.78, 5) is 52.8. The van der Waals surface area contributed by atoms with Crippen molar-refractivity contribution in [2.24, 2.45) is 5.92 Å². The van der Waals surface area contributed by atoms with Gasteiger partial charge in [-0.25, -0.2) is 9.59 Å². The predicted molar refractivity (Wildman–Crippen MR) is 116 cm³/mol. The number of ether oxygens (including phenoxy) is 2. The fraction of sp³-hybridized carbons (Fsp3) is 0.455. The third-order valence-corrected chi connectivity index (χ3v) is 6.65. The molecule has 1 atom stereocenters. The number of rotatable bonds is 6. The Morgan fingerprint density at radius 2 is 1.87 bits per heavy atom. The number of methoxy groups -OCH3 is 1. The average Bonchev–Trinajstić information content (AvgIpc) is 3.21. The van der Waals surface area contributed by atoms with Gasteiger partial charge >= 0.3 is 11.9 Å². The minimum Gasteiger partial charge on any atom is -0.465 e. The van der Waals surface area contributed by atoms with Gasteiger partial charge in [-0.1, -0.05) is 6.92 Å². The molecule has 2 heterocycles. The fourth-order valence-corrected chi connectivity index (χ4v) is 5.42. The number of fused-ring (bicyclic) bond motifs is 1. The average molecular weight is 447 g/mol. The summed E-state index contributed by atoms with van der Waals surface area (Å²) < 4.78 is 10.0. The van der Waals surface area contributed by atoms with Gasteiger partial charge < -0.3 is 19.8 Å². The maximum absolute atomic E-state index is 12.5. The van der Waals surface area contributed by atoms with Gasteiger partial charge in [-0.2, -0.15) is 0 Å². The molecule has 1 aliphatic carbocycles. The third kappa shape index (κ3) is 4.56. The van der Waals surface area contributed by atoms with Gasteiger partial charge in [0.15, 0.2) is 12.4 Å². The molecular formula is C22H26N2O6S. The van der Waals surface area contributed by atoms with E-state index in [1.807, 2.05) is 0 Å². The Kier molecular flexibility index (Phi) is 6.64. The highest BCUT2D eigenvalue weighted by Gasteiger charge is 2.29. The first-order valence-corrected chi connectivity index (χ1v) is 10.9. The second kappa shape index (κ2) is 9.05. The number of amides is 1. The number of aryl methyl sites for hydroxylation is 1. The number of aromatic nitrogens is 1. The monoisotopic (exact) mass is 446 g/mol. The quantitative estimate of drug-likeness (QED) is 0.518. The van der Waals surface area contributed by atoms with Gasteiger partial charge in [-0.15, -0.1) is 11.3 Å². The first-order valence-electron chi connectivity index (χ1n) is 10.0. The SMILES string of the molecule is COC(=O)c1c(NC(=O)COC(=O)c2[nH]c(C)c(C(C)=O)c2C)sc2c1CCC(C)C2. The van der Waals surface area contributed by atoms with Crippen LogP contribution in [0, 0.1) is 19.8 Å². The van der Waals surface area contributed by atoms with Crippen molar-refractivity contribution >= 4 is 40.0 Å². The van der Waals surface area contributed by atoms with E-state index >= 15 is 0 Å². The summed E-state index contributed by atoms with van der Waals surface area (Å²) in [6.07, 6.45) is 2.57. The van der Waals surface area contributed by atoms with Crippen LogP contribution in [0.4, 0.5) is 5.00 Å². The molecular weight excluding hydrogens is 420 g/mol. The summed E-state index contributed by atoms with van der Waals surface area (Å²) in [5.74, 6) is -1.43. The lowest BCUT2D eigenvalue weighted by Gasteiger charge is -2.18. The van der Waals surface area contributed by atoms with Crippen LogP contribution in [0.3, 0.4) is 0 Å². The van der Waals surface area contributed by atoms with Crippen molar-refractivity contribution in [2.75, 3.05) is 19.0 Å². The number of carbonyl (C=O) groups is 4. The Morgan fingerprint density at radius 3 is 2.48 bits per heavy atom. The van der Waals surface area contributed by atoms with E-state index in [0.29, 0.717) is 33.3 Å². The second-order valence-corrected chi connectivity index (χ2v) is 8.96. The van der Waals surface area contributed by atoms with E-state index in [1.165, 1.54) is 25.4 Å². The standard InChI is InChI=1S/C22H26N2O6S/c1-10-6-7-14-15(8-10)31-20(18(14)21(27)29-5)24-16(26)9-30-22(28)19-11(2)17(13(4)25)12(3)23-19/h10,23H,6-9H2,1-5H3,(H,24,26). The van der Waals surface area contributed by atoms with Crippen molar-refractivity contribution in [1.82, 2.24) is 4.98 Å². The van der Waals surface area contributed by atoms with E-state index in [9.17, 15) is 19.2 Å². The number of Topliss-reactive ketones (excluding diaryl/α,β-unsaturated/α-hetero) is 1. The van der Waals surface area contributed by atoms with Crippen LogP contribution in [0.15, 0.2) is 0 Å². The van der Waals surface area contributed by atoms with E-state index in [0.717, 1.165) is 29.7 Å². The van der Waals surface area contributed by atoms with E-state index in [-0.39, 0.29) is 11.5 Å². The van der Waals surface area contributed by atoms with Gasteiger partial charge in [0.1, 0.15) is 10.7 Å². The fourth-order valence-electron chi connectivity index (χ4n) is 4.01. The molecule has 1 unspecified atom stereocenters. The summed E-state index contributed by atoms with van der Waals surface area (Å²) >= 11 is 1.36. The molecule has 2 aromatic rings. The maximum atomic E-state index is 12.5. The number of H-pyrrole nitrogens is 1. The molecule has 3 rings (SSSR count). The number of aromatic amines is 1. The minimum atomic E-state index is -0.726. The van der Waals surface area contributed by atoms with E-state index in [1.54, 1.807) is 13.8 Å². The van der Waals surface area contributed by atoms with Crippen LogP contribution >= 0.6 is 11.3 Å². The Labute approximate surface area is 184 Å². The van der Waals surface area contributed by atoms with Crippen molar-refractivity contribution in [3.05, 3.63) is 38.5 Å². The molecule has 0 radical (unpaired) electrons. The molecule has 0 fully saturated rings. The van der Waals surface area contributed by atoms with Crippen molar-refractivity contribution in [3.8, 4) is 0 Å². The van der Waals surface area contributed by atoms with Crippen LogP contribution in [0.25, 0.3) is 0 Å². The van der Waals surface area contributed by atoms with Gasteiger partial charge in [0.05, 0.1) is 12.7 Å². The molecule has 31 heavy (non-hydrogen) atoms. The molecule has 0 bridgehead atoms. The molecule has 1 aliphatic rings. The van der Waals surface area contributed by atoms with Gasteiger partial charge in [-0.3, -0.25) is 9.59 Å². The van der Waals surface area contributed by atoms with Gasteiger partial charge in [-0.05, 0) is 57.1 Å². The number of thiophene rings is 1. The highest BCUT2D eigenvalue weighted by molar-refractivity contribution is 7.17. The second-order valence-electron chi connectivity index (χ2n) is 7.85. The Morgan fingerprint density at radius 1 is 1.16 bits per heavy atom. The predicted octanol–water partition coefficient (Wildman–Crippen LogP) is 3.60. The highest BCUT2D eigenvalue weighted by atomic mass is 32.1. The number of nitrogens with one attached hydrogen (secondary N) is 2. The summed E-state index contributed by atoms with van der Waals surface area (Å²) in [5, 5.41) is 3.11. The topological polar surface area (TPSA) is 115 Å². The van der Waals surface area contributed by atoms with Gasteiger partial charge in [0, 0.05) is 16.1 Å². The lowest BCUT2D eigenvalue weighted by Crippen LogP contribution is -2.22. The molecule has 1 amide bonds. The van der Waals surface area contributed by atoms with E-state index < -0.39 is 24.5 Å². The molecule has 0 aromatic carbocycles. The normalized spacial score (nSPS) is 15.2. The van der Waals surface area contributed by atoms with Gasteiger partial charge in [0.2, 0.25) is 0 Å². The Balaban J connectivity index is 1.72. The Hall–Kier alpha value is -2.94. The summed E-state index contributed by atoms with van der Waals surface area (Å²) in [7, 11) is 1.31. The van der Waals surface area contributed by atoms with Crippen LogP contribution in [0.5, 0.6) is 0 Å². The van der Waals surface area contributed by atoms with E-state index in [2.05, 4.69) is 17.2 Å². The van der Waals surface area contributed by atoms with Crippen LogP contribution in [0.1, 0.15) is 73.2 Å². The Bertz CT molecular complexity index is 1060.